The molecule has 3 atom stereocenters. The molecule has 0 spiro atoms. The van der Waals surface area contributed by atoms with Crippen LogP contribution in [0.2, 0.25) is 0 Å². The van der Waals surface area contributed by atoms with Crippen molar-refractivity contribution in [3.63, 3.8) is 0 Å². The van der Waals surface area contributed by atoms with Crippen LogP contribution in [0.4, 0.5) is 0 Å². The molecule has 88 valence electrons. The van der Waals surface area contributed by atoms with E-state index in [4.69, 9.17) is 9.47 Å². The number of aliphatic hydroxyl groups is 1. The van der Waals surface area contributed by atoms with Gasteiger partial charge >= 0.3 is 0 Å². The first-order valence-electron chi connectivity index (χ1n) is 5.60. The Hall–Kier alpha value is -1.13. The molecule has 1 aliphatic carbocycles. The summed E-state index contributed by atoms with van der Waals surface area (Å²) in [6.45, 7) is 4.41. The van der Waals surface area contributed by atoms with Gasteiger partial charge in [0.15, 0.2) is 0 Å². The molecule has 16 heavy (non-hydrogen) atoms. The lowest BCUT2D eigenvalue weighted by Gasteiger charge is -2.40. The first kappa shape index (κ1) is 11.4. The monoisotopic (exact) mass is 223 g/mol. The van der Waals surface area contributed by atoms with Crippen molar-refractivity contribution in [1.29, 1.82) is 0 Å². The Morgan fingerprint density at radius 1 is 1.56 bits per heavy atom. The molecular weight excluding hydrogens is 206 g/mol. The van der Waals surface area contributed by atoms with Crippen molar-refractivity contribution >= 4 is 0 Å². The third-order valence-electron chi connectivity index (χ3n) is 2.82. The zero-order valence-electron chi connectivity index (χ0n) is 9.59. The fraction of sp³-hybridized carbons (Fsp3) is 0.583. The third kappa shape index (κ3) is 2.18. The highest BCUT2D eigenvalue weighted by molar-refractivity contribution is 5.26. The summed E-state index contributed by atoms with van der Waals surface area (Å²) < 4.78 is 11.2. The summed E-state index contributed by atoms with van der Waals surface area (Å²) in [5.41, 5.74) is 0.860. The van der Waals surface area contributed by atoms with E-state index in [1.807, 2.05) is 26.0 Å². The number of aromatic nitrogens is 1. The zero-order valence-corrected chi connectivity index (χ0v) is 9.59. The molecule has 0 amide bonds. The largest absolute Gasteiger partial charge is 0.486 e. The maximum atomic E-state index is 9.54. The summed E-state index contributed by atoms with van der Waals surface area (Å²) in [6.07, 6.45) is 1.70. The predicted octanol–water partition coefficient (Wildman–Crippen LogP) is 1.31. The van der Waals surface area contributed by atoms with E-state index in [1.54, 1.807) is 6.20 Å². The molecule has 1 aliphatic rings. The predicted molar refractivity (Wildman–Crippen MR) is 59.4 cm³/mol. The second kappa shape index (κ2) is 4.80. The molecule has 1 N–H and O–H groups in total. The molecule has 0 aliphatic heterocycles. The number of pyridine rings is 1. The van der Waals surface area contributed by atoms with Crippen LogP contribution in [0.15, 0.2) is 18.3 Å². The number of aryl methyl sites for hydroxylation is 1. The van der Waals surface area contributed by atoms with Gasteiger partial charge in [-0.1, -0.05) is 0 Å². The number of hydrogen-bond acceptors (Lipinski definition) is 4. The quantitative estimate of drug-likeness (QED) is 0.836. The first-order chi connectivity index (χ1) is 7.72. The van der Waals surface area contributed by atoms with Gasteiger partial charge in [-0.05, 0) is 26.0 Å². The minimum Gasteiger partial charge on any atom is -0.486 e. The standard InChI is InChI=1S/C12H17NO3/c1-3-15-12-9(14)7-11(12)16-10-5-4-6-13-8(10)2/h4-6,9,11-12,14H,3,7H2,1-2H3. The molecule has 0 aromatic carbocycles. The Morgan fingerprint density at radius 2 is 2.38 bits per heavy atom. The molecule has 1 aromatic heterocycles. The lowest BCUT2D eigenvalue weighted by molar-refractivity contribution is -0.160. The van der Waals surface area contributed by atoms with Crippen LogP contribution in [0.1, 0.15) is 19.0 Å². The molecule has 0 bridgehead atoms. The summed E-state index contributed by atoms with van der Waals surface area (Å²) in [7, 11) is 0. The molecule has 2 rings (SSSR count). The van der Waals surface area contributed by atoms with Crippen molar-refractivity contribution in [2.24, 2.45) is 0 Å². The average molecular weight is 223 g/mol. The lowest BCUT2D eigenvalue weighted by atomic mass is 9.88. The fourth-order valence-corrected chi connectivity index (χ4v) is 1.84. The summed E-state index contributed by atoms with van der Waals surface area (Å²) in [6, 6.07) is 3.73. The van der Waals surface area contributed by atoms with E-state index in [0.717, 1.165) is 11.4 Å². The van der Waals surface area contributed by atoms with E-state index in [1.165, 1.54) is 0 Å². The van der Waals surface area contributed by atoms with E-state index in [-0.39, 0.29) is 12.2 Å². The number of ether oxygens (including phenoxy) is 2. The highest BCUT2D eigenvalue weighted by atomic mass is 16.6. The Kier molecular flexibility index (Phi) is 3.41. The van der Waals surface area contributed by atoms with Crippen molar-refractivity contribution in [2.75, 3.05) is 6.61 Å². The highest BCUT2D eigenvalue weighted by Crippen LogP contribution is 2.29. The van der Waals surface area contributed by atoms with Crippen molar-refractivity contribution in [1.82, 2.24) is 4.98 Å². The number of nitrogens with zero attached hydrogens (tertiary/aromatic N) is 1. The van der Waals surface area contributed by atoms with Gasteiger partial charge in [-0.25, -0.2) is 0 Å². The first-order valence-corrected chi connectivity index (χ1v) is 5.60. The van der Waals surface area contributed by atoms with E-state index >= 15 is 0 Å². The van der Waals surface area contributed by atoms with Gasteiger partial charge in [-0.15, -0.1) is 0 Å². The van der Waals surface area contributed by atoms with Gasteiger partial charge in [0.05, 0.1) is 11.8 Å². The highest BCUT2D eigenvalue weighted by Gasteiger charge is 2.42. The van der Waals surface area contributed by atoms with Crippen LogP contribution in [0.5, 0.6) is 5.75 Å². The van der Waals surface area contributed by atoms with Gasteiger partial charge in [0.1, 0.15) is 18.0 Å². The SMILES string of the molecule is CCOC1C(O)CC1Oc1cccnc1C. The van der Waals surface area contributed by atoms with Gasteiger partial charge in [-0.2, -0.15) is 0 Å². The van der Waals surface area contributed by atoms with Crippen LogP contribution in [0, 0.1) is 6.92 Å². The number of aliphatic hydroxyl groups excluding tert-OH is 1. The topological polar surface area (TPSA) is 51.6 Å². The van der Waals surface area contributed by atoms with Gasteiger partial charge in [-0.3, -0.25) is 4.98 Å². The zero-order chi connectivity index (χ0) is 11.5. The Bertz CT molecular complexity index is 356. The van der Waals surface area contributed by atoms with Gasteiger partial charge in [0.25, 0.3) is 0 Å². The molecule has 0 saturated heterocycles. The number of rotatable bonds is 4. The smallest absolute Gasteiger partial charge is 0.141 e. The Morgan fingerprint density at radius 3 is 3.00 bits per heavy atom. The Labute approximate surface area is 95.2 Å². The summed E-state index contributed by atoms with van der Waals surface area (Å²) in [5.74, 6) is 0.768. The van der Waals surface area contributed by atoms with Crippen LogP contribution in [0.3, 0.4) is 0 Å². The lowest BCUT2D eigenvalue weighted by Crippen LogP contribution is -2.55. The fourth-order valence-electron chi connectivity index (χ4n) is 1.84. The summed E-state index contributed by atoms with van der Waals surface area (Å²) >= 11 is 0. The molecule has 0 radical (unpaired) electrons. The average Bonchev–Trinajstić information content (AvgIpc) is 2.28. The van der Waals surface area contributed by atoms with Crippen molar-refractivity contribution < 1.29 is 14.6 Å². The van der Waals surface area contributed by atoms with Crippen LogP contribution < -0.4 is 4.74 Å². The molecular formula is C12H17NO3. The summed E-state index contributed by atoms with van der Waals surface area (Å²) in [4.78, 5) is 4.15. The van der Waals surface area contributed by atoms with Crippen molar-refractivity contribution in [2.45, 2.75) is 38.6 Å². The maximum absolute atomic E-state index is 9.54. The van der Waals surface area contributed by atoms with E-state index in [2.05, 4.69) is 4.98 Å². The molecule has 1 fully saturated rings. The minimum absolute atomic E-state index is 0.0575. The third-order valence-corrected chi connectivity index (χ3v) is 2.82. The maximum Gasteiger partial charge on any atom is 0.141 e. The molecule has 1 heterocycles. The van der Waals surface area contributed by atoms with Gasteiger partial charge in [0.2, 0.25) is 0 Å². The van der Waals surface area contributed by atoms with Gasteiger partial charge in [0, 0.05) is 19.2 Å². The summed E-state index contributed by atoms with van der Waals surface area (Å²) in [5, 5.41) is 9.54. The van der Waals surface area contributed by atoms with Crippen LogP contribution >= 0.6 is 0 Å². The van der Waals surface area contributed by atoms with E-state index < -0.39 is 6.10 Å². The Balaban J connectivity index is 1.98. The van der Waals surface area contributed by atoms with Crippen molar-refractivity contribution in [3.05, 3.63) is 24.0 Å². The molecule has 3 unspecified atom stereocenters. The molecule has 1 saturated carbocycles. The molecule has 4 nitrogen and oxygen atoms in total. The minimum atomic E-state index is -0.401. The van der Waals surface area contributed by atoms with Gasteiger partial charge < -0.3 is 14.6 Å². The van der Waals surface area contributed by atoms with E-state index in [9.17, 15) is 5.11 Å². The molecule has 1 aromatic rings. The second-order valence-electron chi connectivity index (χ2n) is 3.97. The van der Waals surface area contributed by atoms with Crippen molar-refractivity contribution in [3.8, 4) is 5.75 Å². The van der Waals surface area contributed by atoms with Crippen LogP contribution in [-0.2, 0) is 4.74 Å². The van der Waals surface area contributed by atoms with E-state index in [0.29, 0.717) is 13.0 Å². The van der Waals surface area contributed by atoms with Crippen LogP contribution in [-0.4, -0.2) is 35.0 Å². The van der Waals surface area contributed by atoms with Crippen LogP contribution in [0.25, 0.3) is 0 Å². The second-order valence-corrected chi connectivity index (χ2v) is 3.97. The molecule has 4 heteroatoms. The number of hydrogen-bond donors (Lipinski definition) is 1. The normalized spacial score (nSPS) is 28.6.